The second-order valence-electron chi connectivity index (χ2n) is 9.41. The van der Waals surface area contributed by atoms with Crippen molar-refractivity contribution in [2.24, 2.45) is 13.0 Å². The first-order chi connectivity index (χ1) is 16.0. The maximum Gasteiger partial charge on any atom is 0.255 e. The third-order valence-corrected chi connectivity index (χ3v) is 7.04. The van der Waals surface area contributed by atoms with Crippen LogP contribution in [0.5, 0.6) is 0 Å². The molecule has 3 aromatic rings. The Morgan fingerprint density at radius 3 is 2.85 bits per heavy atom. The highest BCUT2D eigenvalue weighted by atomic mass is 16.5. The van der Waals surface area contributed by atoms with E-state index in [1.165, 1.54) is 18.5 Å². The number of hydrogen-bond donors (Lipinski definition) is 0. The number of carbonyl (C=O) groups is 1. The van der Waals surface area contributed by atoms with Crippen molar-refractivity contribution in [2.75, 3.05) is 20.3 Å². The number of aryl methyl sites for hydroxylation is 2. The molecule has 0 unspecified atom stereocenters. The summed E-state index contributed by atoms with van der Waals surface area (Å²) in [6.45, 7) is 7.84. The number of methoxy groups -OCH3 is 1. The van der Waals surface area contributed by atoms with Gasteiger partial charge in [-0.3, -0.25) is 9.48 Å². The first-order valence-electron chi connectivity index (χ1n) is 11.9. The number of hydrogen-bond acceptors (Lipinski definition) is 5. The van der Waals surface area contributed by atoms with Gasteiger partial charge in [0.2, 0.25) is 0 Å². The van der Waals surface area contributed by atoms with Gasteiger partial charge >= 0.3 is 0 Å². The van der Waals surface area contributed by atoms with Crippen molar-refractivity contribution in [3.05, 3.63) is 40.6 Å². The lowest BCUT2D eigenvalue weighted by molar-refractivity contribution is 0.0732. The maximum atomic E-state index is 13.6. The molecule has 4 heterocycles. The monoisotopic (exact) mass is 451 g/mol. The topological polar surface area (TPSA) is 83.0 Å². The van der Waals surface area contributed by atoms with E-state index in [2.05, 4.69) is 26.3 Å². The summed E-state index contributed by atoms with van der Waals surface area (Å²) >= 11 is 0. The van der Waals surface area contributed by atoms with Crippen LogP contribution in [0.2, 0.25) is 0 Å². The molecule has 0 spiro atoms. The van der Waals surface area contributed by atoms with Gasteiger partial charge < -0.3 is 18.8 Å². The molecule has 0 N–H and O–H groups in total. The molecule has 0 radical (unpaired) electrons. The van der Waals surface area contributed by atoms with Crippen LogP contribution in [-0.4, -0.2) is 60.2 Å². The average molecular weight is 452 g/mol. The van der Waals surface area contributed by atoms with Crippen LogP contribution in [0.1, 0.15) is 52.3 Å². The highest BCUT2D eigenvalue weighted by Gasteiger charge is 2.31. The van der Waals surface area contributed by atoms with Crippen molar-refractivity contribution in [3.8, 4) is 11.5 Å². The molecule has 0 saturated heterocycles. The Kier molecular flexibility index (Phi) is 5.82. The first kappa shape index (κ1) is 21.9. The molecule has 9 heteroatoms. The minimum absolute atomic E-state index is 0.0843. The second-order valence-corrected chi connectivity index (χ2v) is 9.41. The molecule has 1 aliphatic carbocycles. The summed E-state index contributed by atoms with van der Waals surface area (Å²) in [5.74, 6) is 1.61. The number of ether oxygens (including phenoxy) is 1. The number of nitrogens with zero attached hydrogens (tertiary/aromatic N) is 7. The molecule has 1 saturated carbocycles. The lowest BCUT2D eigenvalue weighted by Crippen LogP contribution is -2.36. The summed E-state index contributed by atoms with van der Waals surface area (Å²) in [5, 5.41) is 13.4. The van der Waals surface area contributed by atoms with E-state index < -0.39 is 0 Å². The molecule has 9 nitrogen and oxygen atoms in total. The van der Waals surface area contributed by atoms with Gasteiger partial charge in [-0.25, -0.2) is 0 Å². The largest absolute Gasteiger partial charge is 0.385 e. The minimum atomic E-state index is 0.0843. The van der Waals surface area contributed by atoms with Crippen LogP contribution in [0.25, 0.3) is 11.5 Å². The SMILES string of the molecule is COCCCn1c(C)cc(C(=O)N2CCc3c(c(-c4nncn4CC4CC4)nn3C)C2)c1C. The van der Waals surface area contributed by atoms with Gasteiger partial charge in [0.25, 0.3) is 5.91 Å². The van der Waals surface area contributed by atoms with Crippen molar-refractivity contribution in [1.82, 2.24) is 34.0 Å². The van der Waals surface area contributed by atoms with E-state index in [-0.39, 0.29) is 5.91 Å². The Balaban J connectivity index is 1.40. The number of aromatic nitrogens is 6. The van der Waals surface area contributed by atoms with Crippen LogP contribution >= 0.6 is 0 Å². The van der Waals surface area contributed by atoms with Crippen LogP contribution in [-0.2, 0) is 37.8 Å². The summed E-state index contributed by atoms with van der Waals surface area (Å²) in [7, 11) is 3.70. The van der Waals surface area contributed by atoms with Crippen molar-refractivity contribution in [1.29, 1.82) is 0 Å². The zero-order valence-electron chi connectivity index (χ0n) is 20.0. The fourth-order valence-electron chi connectivity index (χ4n) is 4.99. The van der Waals surface area contributed by atoms with Gasteiger partial charge in [0, 0.05) is 69.5 Å². The fourth-order valence-corrected chi connectivity index (χ4v) is 4.99. The lowest BCUT2D eigenvalue weighted by Gasteiger charge is -2.28. The van der Waals surface area contributed by atoms with E-state index in [0.29, 0.717) is 19.7 Å². The van der Waals surface area contributed by atoms with Gasteiger partial charge in [-0.05, 0) is 45.1 Å². The smallest absolute Gasteiger partial charge is 0.255 e. The van der Waals surface area contributed by atoms with Gasteiger partial charge in [0.05, 0.1) is 12.1 Å². The lowest BCUT2D eigenvalue weighted by atomic mass is 10.0. The molecule has 5 rings (SSSR count). The predicted molar refractivity (Wildman–Crippen MR) is 124 cm³/mol. The van der Waals surface area contributed by atoms with Crippen molar-refractivity contribution in [2.45, 2.75) is 59.2 Å². The quantitative estimate of drug-likeness (QED) is 0.492. The van der Waals surface area contributed by atoms with Crippen molar-refractivity contribution < 1.29 is 9.53 Å². The summed E-state index contributed by atoms with van der Waals surface area (Å²) in [6, 6.07) is 2.02. The fraction of sp³-hybridized carbons (Fsp3) is 0.583. The van der Waals surface area contributed by atoms with Gasteiger partial charge in [0.15, 0.2) is 5.82 Å². The van der Waals surface area contributed by atoms with Gasteiger partial charge in [-0.1, -0.05) is 0 Å². The molecule has 0 atom stereocenters. The van der Waals surface area contributed by atoms with E-state index in [9.17, 15) is 4.79 Å². The van der Waals surface area contributed by atoms with E-state index >= 15 is 0 Å². The minimum Gasteiger partial charge on any atom is -0.385 e. The van der Waals surface area contributed by atoms with Crippen LogP contribution < -0.4 is 0 Å². The standard InChI is InChI=1S/C24H33N7O2/c1-16-12-19(17(2)31(16)9-5-11-33-4)24(32)29-10-8-21-20(14-29)22(27-28(21)3)23-26-25-15-30(23)13-18-6-7-18/h12,15,18H,5-11,13-14H2,1-4H3. The summed E-state index contributed by atoms with van der Waals surface area (Å²) in [4.78, 5) is 15.5. The predicted octanol–water partition coefficient (Wildman–Crippen LogP) is 2.74. The molecule has 3 aromatic heterocycles. The molecule has 1 amide bonds. The van der Waals surface area contributed by atoms with Crippen LogP contribution in [0.4, 0.5) is 0 Å². The molecule has 33 heavy (non-hydrogen) atoms. The average Bonchev–Trinajstić information content (AvgIpc) is 3.30. The third kappa shape index (κ3) is 4.10. The highest BCUT2D eigenvalue weighted by Crippen LogP contribution is 2.34. The van der Waals surface area contributed by atoms with Crippen LogP contribution in [0, 0.1) is 19.8 Å². The van der Waals surface area contributed by atoms with Gasteiger partial charge in [-0.2, -0.15) is 5.10 Å². The Morgan fingerprint density at radius 1 is 1.27 bits per heavy atom. The number of carbonyl (C=O) groups excluding carboxylic acids is 1. The highest BCUT2D eigenvalue weighted by molar-refractivity contribution is 5.96. The molecule has 0 bridgehead atoms. The molecular formula is C24H33N7O2. The normalized spacial score (nSPS) is 15.8. The Bertz CT molecular complexity index is 1170. The van der Waals surface area contributed by atoms with Crippen molar-refractivity contribution in [3.63, 3.8) is 0 Å². The molecular weight excluding hydrogens is 418 g/mol. The summed E-state index contributed by atoms with van der Waals surface area (Å²) in [6.07, 6.45) is 6.05. The summed E-state index contributed by atoms with van der Waals surface area (Å²) < 4.78 is 11.5. The number of fused-ring (bicyclic) bond motifs is 1. The van der Waals surface area contributed by atoms with Gasteiger partial charge in [-0.15, -0.1) is 10.2 Å². The van der Waals surface area contributed by atoms with E-state index in [1.807, 2.05) is 29.6 Å². The van der Waals surface area contributed by atoms with Crippen LogP contribution in [0.3, 0.4) is 0 Å². The molecule has 1 fully saturated rings. The first-order valence-corrected chi connectivity index (χ1v) is 11.9. The second kappa shape index (κ2) is 8.78. The number of amides is 1. The number of rotatable bonds is 8. The Morgan fingerprint density at radius 2 is 2.09 bits per heavy atom. The van der Waals surface area contributed by atoms with E-state index in [1.54, 1.807) is 13.4 Å². The zero-order chi connectivity index (χ0) is 23.1. The van der Waals surface area contributed by atoms with Crippen LogP contribution in [0.15, 0.2) is 12.4 Å². The van der Waals surface area contributed by atoms with E-state index in [0.717, 1.165) is 65.9 Å². The Labute approximate surface area is 194 Å². The molecule has 2 aliphatic rings. The molecule has 0 aromatic carbocycles. The van der Waals surface area contributed by atoms with E-state index in [4.69, 9.17) is 9.84 Å². The molecule has 176 valence electrons. The van der Waals surface area contributed by atoms with Crippen molar-refractivity contribution >= 4 is 5.91 Å². The maximum absolute atomic E-state index is 13.6. The molecule has 1 aliphatic heterocycles. The summed E-state index contributed by atoms with van der Waals surface area (Å²) in [5.41, 5.74) is 6.05. The van der Waals surface area contributed by atoms with Gasteiger partial charge in [0.1, 0.15) is 12.0 Å². The third-order valence-electron chi connectivity index (χ3n) is 7.04. The zero-order valence-corrected chi connectivity index (χ0v) is 20.0. The Hall–Kier alpha value is -2.94.